The SMILES string of the molecule is NCc1cc(N)cc(C(=O)O)c1.O=S(=O)(O)O. The van der Waals surface area contributed by atoms with Crippen molar-refractivity contribution in [1.29, 1.82) is 0 Å². The average molecular weight is 264 g/mol. The Labute approximate surface area is 97.4 Å². The molecule has 0 radical (unpaired) electrons. The molecule has 0 aliphatic heterocycles. The Kier molecular flexibility index (Phi) is 5.55. The molecule has 0 atom stereocenters. The lowest BCUT2D eigenvalue weighted by Gasteiger charge is -2.01. The number of nitrogen functional groups attached to an aromatic ring is 1. The topological polar surface area (TPSA) is 164 Å². The van der Waals surface area contributed by atoms with Crippen LogP contribution in [-0.2, 0) is 16.9 Å². The predicted octanol–water partition coefficient (Wildman–Crippen LogP) is -0.227. The lowest BCUT2D eigenvalue weighted by Crippen LogP contribution is -2.03. The van der Waals surface area contributed by atoms with Crippen LogP contribution in [0.25, 0.3) is 0 Å². The Bertz CT molecular complexity index is 491. The van der Waals surface area contributed by atoms with E-state index in [1.54, 1.807) is 6.07 Å². The van der Waals surface area contributed by atoms with Gasteiger partial charge in [0.25, 0.3) is 0 Å². The van der Waals surface area contributed by atoms with Gasteiger partial charge in [-0.2, -0.15) is 8.42 Å². The van der Waals surface area contributed by atoms with Crippen LogP contribution in [0.4, 0.5) is 5.69 Å². The maximum Gasteiger partial charge on any atom is 0.394 e. The highest BCUT2D eigenvalue weighted by Gasteiger charge is 2.04. The molecule has 0 saturated carbocycles. The Morgan fingerprint density at radius 2 is 1.71 bits per heavy atom. The standard InChI is InChI=1S/C8H10N2O2.H2O4S/c9-4-5-1-6(8(11)12)3-7(10)2-5;1-5(2,3)4/h1-3H,4,9-10H2,(H,11,12);(H2,1,2,3,4). The van der Waals surface area contributed by atoms with E-state index < -0.39 is 16.4 Å². The minimum Gasteiger partial charge on any atom is -0.478 e. The molecular formula is C8H12N2O6S. The maximum absolute atomic E-state index is 10.5. The number of nitrogens with two attached hydrogens (primary N) is 2. The van der Waals surface area contributed by atoms with Crippen molar-refractivity contribution in [3.05, 3.63) is 29.3 Å². The smallest absolute Gasteiger partial charge is 0.394 e. The van der Waals surface area contributed by atoms with Gasteiger partial charge in [-0.15, -0.1) is 0 Å². The third-order valence-electron chi connectivity index (χ3n) is 1.50. The molecule has 0 aliphatic rings. The lowest BCUT2D eigenvalue weighted by atomic mass is 10.1. The molecular weight excluding hydrogens is 252 g/mol. The van der Waals surface area contributed by atoms with Crippen LogP contribution in [-0.4, -0.2) is 28.6 Å². The molecule has 8 nitrogen and oxygen atoms in total. The molecule has 1 aromatic carbocycles. The van der Waals surface area contributed by atoms with Gasteiger partial charge in [0, 0.05) is 12.2 Å². The van der Waals surface area contributed by atoms with Crippen LogP contribution in [0.1, 0.15) is 15.9 Å². The van der Waals surface area contributed by atoms with Crippen molar-refractivity contribution in [1.82, 2.24) is 0 Å². The van der Waals surface area contributed by atoms with Crippen molar-refractivity contribution in [2.24, 2.45) is 5.73 Å². The lowest BCUT2D eigenvalue weighted by molar-refractivity contribution is 0.0696. The second kappa shape index (κ2) is 6.15. The summed E-state index contributed by atoms with van der Waals surface area (Å²) in [4.78, 5) is 10.5. The van der Waals surface area contributed by atoms with E-state index in [0.717, 1.165) is 5.56 Å². The monoisotopic (exact) mass is 264 g/mol. The van der Waals surface area contributed by atoms with Crippen LogP contribution in [0.3, 0.4) is 0 Å². The second-order valence-electron chi connectivity index (χ2n) is 2.92. The zero-order valence-corrected chi connectivity index (χ0v) is 9.38. The fraction of sp³-hybridized carbons (Fsp3) is 0.125. The molecule has 96 valence electrons. The summed E-state index contributed by atoms with van der Waals surface area (Å²) in [6.07, 6.45) is 0. The molecule has 7 N–H and O–H groups in total. The van der Waals surface area contributed by atoms with Crippen molar-refractivity contribution in [2.75, 3.05) is 5.73 Å². The molecule has 0 amide bonds. The normalized spacial score (nSPS) is 10.3. The van der Waals surface area contributed by atoms with Crippen molar-refractivity contribution >= 4 is 22.1 Å². The van der Waals surface area contributed by atoms with Gasteiger partial charge in [0.15, 0.2) is 0 Å². The highest BCUT2D eigenvalue weighted by Crippen LogP contribution is 2.11. The quantitative estimate of drug-likeness (QED) is 0.361. The number of aromatic carboxylic acids is 1. The van der Waals surface area contributed by atoms with Crippen LogP contribution >= 0.6 is 0 Å². The molecule has 0 aliphatic carbocycles. The van der Waals surface area contributed by atoms with Gasteiger partial charge in [0.05, 0.1) is 5.56 Å². The van der Waals surface area contributed by atoms with Crippen LogP contribution in [0.5, 0.6) is 0 Å². The van der Waals surface area contributed by atoms with E-state index >= 15 is 0 Å². The van der Waals surface area contributed by atoms with E-state index in [1.165, 1.54) is 12.1 Å². The van der Waals surface area contributed by atoms with Gasteiger partial charge in [-0.3, -0.25) is 9.11 Å². The Hall–Kier alpha value is -1.68. The van der Waals surface area contributed by atoms with E-state index in [2.05, 4.69) is 0 Å². The molecule has 0 fully saturated rings. The molecule has 9 heteroatoms. The molecule has 0 spiro atoms. The van der Waals surface area contributed by atoms with Gasteiger partial charge >= 0.3 is 16.4 Å². The van der Waals surface area contributed by atoms with Crippen molar-refractivity contribution in [2.45, 2.75) is 6.54 Å². The molecule has 0 bridgehead atoms. The number of rotatable bonds is 2. The average Bonchev–Trinajstić information content (AvgIpc) is 2.14. The number of carbonyl (C=O) groups is 1. The third kappa shape index (κ3) is 8.16. The number of hydrogen-bond donors (Lipinski definition) is 5. The number of anilines is 1. The molecule has 1 rings (SSSR count). The second-order valence-corrected chi connectivity index (χ2v) is 3.82. The zero-order valence-electron chi connectivity index (χ0n) is 8.57. The molecule has 0 unspecified atom stereocenters. The van der Waals surface area contributed by atoms with Gasteiger partial charge in [0.2, 0.25) is 0 Å². The molecule has 0 saturated heterocycles. The maximum atomic E-state index is 10.5. The summed E-state index contributed by atoms with van der Waals surface area (Å²) in [6, 6.07) is 4.58. The highest BCUT2D eigenvalue weighted by molar-refractivity contribution is 7.79. The number of hydrogen-bond acceptors (Lipinski definition) is 5. The Balaban J connectivity index is 0.000000437. The first-order chi connectivity index (χ1) is 7.63. The van der Waals surface area contributed by atoms with E-state index in [4.69, 9.17) is 34.1 Å². The summed E-state index contributed by atoms with van der Waals surface area (Å²) < 4.78 is 31.6. The number of carboxylic acids is 1. The zero-order chi connectivity index (χ0) is 13.6. The summed E-state index contributed by atoms with van der Waals surface area (Å²) in [7, 11) is -4.67. The summed E-state index contributed by atoms with van der Waals surface area (Å²) >= 11 is 0. The van der Waals surface area contributed by atoms with Crippen LogP contribution in [0.2, 0.25) is 0 Å². The summed E-state index contributed by atoms with van der Waals surface area (Å²) in [6.45, 7) is 0.297. The Morgan fingerprint density at radius 1 is 1.24 bits per heavy atom. The first kappa shape index (κ1) is 15.3. The number of carboxylic acid groups (broad SMARTS) is 1. The van der Waals surface area contributed by atoms with E-state index in [0.29, 0.717) is 12.2 Å². The van der Waals surface area contributed by atoms with Gasteiger partial charge in [0.1, 0.15) is 0 Å². The van der Waals surface area contributed by atoms with Gasteiger partial charge < -0.3 is 16.6 Å². The van der Waals surface area contributed by atoms with E-state index in [1.807, 2.05) is 0 Å². The first-order valence-corrected chi connectivity index (χ1v) is 5.56. The van der Waals surface area contributed by atoms with Crippen LogP contribution in [0, 0.1) is 0 Å². The van der Waals surface area contributed by atoms with Crippen LogP contribution in [0.15, 0.2) is 18.2 Å². The van der Waals surface area contributed by atoms with Crippen molar-refractivity contribution in [3.63, 3.8) is 0 Å². The van der Waals surface area contributed by atoms with Crippen molar-refractivity contribution in [3.8, 4) is 0 Å². The van der Waals surface area contributed by atoms with Crippen LogP contribution < -0.4 is 11.5 Å². The first-order valence-electron chi connectivity index (χ1n) is 4.16. The third-order valence-corrected chi connectivity index (χ3v) is 1.50. The minimum absolute atomic E-state index is 0.176. The molecule has 17 heavy (non-hydrogen) atoms. The largest absolute Gasteiger partial charge is 0.478 e. The summed E-state index contributed by atoms with van der Waals surface area (Å²) in [5.74, 6) is -0.989. The summed E-state index contributed by atoms with van der Waals surface area (Å²) in [5.41, 5.74) is 12.1. The van der Waals surface area contributed by atoms with E-state index in [9.17, 15) is 4.79 Å². The highest BCUT2D eigenvalue weighted by atomic mass is 32.3. The fourth-order valence-electron chi connectivity index (χ4n) is 0.960. The van der Waals surface area contributed by atoms with E-state index in [-0.39, 0.29) is 5.56 Å². The molecule has 0 aromatic heterocycles. The minimum atomic E-state index is -4.67. The molecule has 1 aromatic rings. The van der Waals surface area contributed by atoms with Gasteiger partial charge in [-0.1, -0.05) is 0 Å². The molecule has 0 heterocycles. The van der Waals surface area contributed by atoms with Gasteiger partial charge in [-0.25, -0.2) is 4.79 Å². The number of benzene rings is 1. The van der Waals surface area contributed by atoms with Gasteiger partial charge in [-0.05, 0) is 23.8 Å². The predicted molar refractivity (Wildman–Crippen MR) is 59.9 cm³/mol. The Morgan fingerprint density at radius 3 is 2.06 bits per heavy atom. The summed E-state index contributed by atoms with van der Waals surface area (Å²) in [5, 5.41) is 8.63. The fourth-order valence-corrected chi connectivity index (χ4v) is 0.960. The van der Waals surface area contributed by atoms with Crippen molar-refractivity contribution < 1.29 is 27.4 Å².